The van der Waals surface area contributed by atoms with E-state index in [-0.39, 0.29) is 24.0 Å². The third-order valence-corrected chi connectivity index (χ3v) is 6.14. The van der Waals surface area contributed by atoms with Crippen molar-refractivity contribution in [3.05, 3.63) is 30.1 Å². The lowest BCUT2D eigenvalue weighted by atomic mass is 9.67. The lowest BCUT2D eigenvalue weighted by Crippen LogP contribution is -2.63. The Morgan fingerprint density at radius 3 is 3.00 bits per heavy atom. The molecular formula is C20H25N3O3. The van der Waals surface area contributed by atoms with Crippen LogP contribution in [-0.2, 0) is 20.8 Å². The fourth-order valence-corrected chi connectivity index (χ4v) is 4.72. The highest BCUT2D eigenvalue weighted by Crippen LogP contribution is 2.44. The Balaban J connectivity index is 1.34. The number of imidazole rings is 1. The Morgan fingerprint density at radius 1 is 1.35 bits per heavy atom. The van der Waals surface area contributed by atoms with Gasteiger partial charge in [-0.2, -0.15) is 0 Å². The third-order valence-electron chi connectivity index (χ3n) is 6.14. The molecule has 0 spiro atoms. The summed E-state index contributed by atoms with van der Waals surface area (Å²) in [6.45, 7) is 1.76. The van der Waals surface area contributed by atoms with Crippen LogP contribution >= 0.6 is 0 Å². The van der Waals surface area contributed by atoms with Gasteiger partial charge in [-0.15, -0.1) is 0 Å². The molecule has 0 bridgehead atoms. The molecule has 2 heterocycles. The van der Waals surface area contributed by atoms with Crippen LogP contribution in [-0.4, -0.2) is 47.9 Å². The van der Waals surface area contributed by atoms with Crippen LogP contribution in [0.15, 0.2) is 24.3 Å². The molecule has 2 saturated carbocycles. The fourth-order valence-electron chi connectivity index (χ4n) is 4.72. The number of hydrogen-bond acceptors (Lipinski definition) is 4. The minimum atomic E-state index is 0.0616. The first-order valence-electron chi connectivity index (χ1n) is 9.61. The van der Waals surface area contributed by atoms with Gasteiger partial charge in [-0.05, 0) is 31.4 Å². The molecule has 1 aromatic carbocycles. The Kier molecular flexibility index (Phi) is 3.98. The van der Waals surface area contributed by atoms with Gasteiger partial charge in [0.1, 0.15) is 12.4 Å². The Hall–Kier alpha value is -1.92. The summed E-state index contributed by atoms with van der Waals surface area (Å²) >= 11 is 0. The number of amides is 1. The van der Waals surface area contributed by atoms with Gasteiger partial charge >= 0.3 is 0 Å². The first-order chi connectivity index (χ1) is 12.8. The van der Waals surface area contributed by atoms with E-state index in [1.807, 2.05) is 18.2 Å². The van der Waals surface area contributed by atoms with Crippen LogP contribution in [0.25, 0.3) is 11.0 Å². The standard InChI is InChI=1S/C20H25N3O3/c1-25-11-14-18(13-8-9-26-19(13)14)22-17(24)10-23-16-5-3-2-4-15(16)21-20(23)12-6-7-12/h2-5,12-14,18-19H,6-11H2,1H3,(H,22,24)/t13-,14+,18+,19-/m0/s1. The van der Waals surface area contributed by atoms with E-state index in [0.29, 0.717) is 25.0 Å². The smallest absolute Gasteiger partial charge is 0.240 e. The van der Waals surface area contributed by atoms with Crippen molar-refractivity contribution in [2.75, 3.05) is 20.3 Å². The van der Waals surface area contributed by atoms with Gasteiger partial charge in [-0.1, -0.05) is 12.1 Å². The van der Waals surface area contributed by atoms with Crippen molar-refractivity contribution in [3.63, 3.8) is 0 Å². The number of hydrogen-bond donors (Lipinski definition) is 1. The average Bonchev–Trinajstić information content (AvgIpc) is 3.30. The first kappa shape index (κ1) is 16.3. The third kappa shape index (κ3) is 2.63. The number of carbonyl (C=O) groups is 1. The van der Waals surface area contributed by atoms with Crippen molar-refractivity contribution in [2.45, 2.75) is 43.9 Å². The van der Waals surface area contributed by atoms with E-state index >= 15 is 0 Å². The van der Waals surface area contributed by atoms with Gasteiger partial charge in [-0.25, -0.2) is 4.98 Å². The number of para-hydroxylation sites is 2. The molecule has 5 rings (SSSR count). The predicted molar refractivity (Wildman–Crippen MR) is 96.9 cm³/mol. The summed E-state index contributed by atoms with van der Waals surface area (Å²) in [4.78, 5) is 17.6. The normalized spacial score (nSPS) is 30.2. The summed E-state index contributed by atoms with van der Waals surface area (Å²) < 4.78 is 13.3. The maximum Gasteiger partial charge on any atom is 0.240 e. The highest BCUT2D eigenvalue weighted by atomic mass is 16.5. The van der Waals surface area contributed by atoms with Gasteiger partial charge < -0.3 is 19.4 Å². The van der Waals surface area contributed by atoms with Crippen LogP contribution in [0.2, 0.25) is 0 Å². The molecule has 6 nitrogen and oxygen atoms in total. The summed E-state index contributed by atoms with van der Waals surface area (Å²) in [6, 6.07) is 8.25. The van der Waals surface area contributed by atoms with Gasteiger partial charge in [0.15, 0.2) is 0 Å². The van der Waals surface area contributed by atoms with Gasteiger partial charge in [0.05, 0.1) is 23.7 Å². The second-order valence-corrected chi connectivity index (χ2v) is 7.82. The Morgan fingerprint density at radius 2 is 2.19 bits per heavy atom. The zero-order valence-corrected chi connectivity index (χ0v) is 15.1. The minimum absolute atomic E-state index is 0.0616. The zero-order chi connectivity index (χ0) is 17.7. The monoisotopic (exact) mass is 355 g/mol. The molecule has 0 radical (unpaired) electrons. The van der Waals surface area contributed by atoms with E-state index in [2.05, 4.69) is 16.0 Å². The van der Waals surface area contributed by atoms with Crippen LogP contribution in [0.4, 0.5) is 0 Å². The molecule has 3 fully saturated rings. The van der Waals surface area contributed by atoms with Gasteiger partial charge in [0.25, 0.3) is 0 Å². The quantitative estimate of drug-likeness (QED) is 0.862. The van der Waals surface area contributed by atoms with Gasteiger partial charge in [-0.3, -0.25) is 4.79 Å². The summed E-state index contributed by atoms with van der Waals surface area (Å²) in [7, 11) is 1.71. The van der Waals surface area contributed by atoms with Crippen LogP contribution in [0.3, 0.4) is 0 Å². The zero-order valence-electron chi connectivity index (χ0n) is 15.1. The summed E-state index contributed by atoms with van der Waals surface area (Å²) in [5.41, 5.74) is 2.03. The van der Waals surface area contributed by atoms with Crippen LogP contribution in [0, 0.1) is 11.8 Å². The highest BCUT2D eigenvalue weighted by Gasteiger charge is 2.54. The fraction of sp³-hybridized carbons (Fsp3) is 0.600. The van der Waals surface area contributed by atoms with Crippen LogP contribution in [0.1, 0.15) is 31.0 Å². The average molecular weight is 355 g/mol. The molecule has 2 aromatic rings. The van der Waals surface area contributed by atoms with E-state index in [1.54, 1.807) is 7.11 Å². The molecule has 1 aliphatic heterocycles. The molecule has 0 unspecified atom stereocenters. The Labute approximate surface area is 152 Å². The highest BCUT2D eigenvalue weighted by molar-refractivity contribution is 5.81. The van der Waals surface area contributed by atoms with E-state index in [4.69, 9.17) is 14.5 Å². The maximum atomic E-state index is 12.8. The lowest BCUT2D eigenvalue weighted by molar-refractivity contribution is -0.130. The van der Waals surface area contributed by atoms with Crippen molar-refractivity contribution in [1.29, 1.82) is 0 Å². The van der Waals surface area contributed by atoms with Crippen molar-refractivity contribution >= 4 is 16.9 Å². The largest absolute Gasteiger partial charge is 0.384 e. The van der Waals surface area contributed by atoms with Gasteiger partial charge in [0.2, 0.25) is 5.91 Å². The summed E-state index contributed by atoms with van der Waals surface area (Å²) in [5.74, 6) is 2.32. The molecule has 6 heteroatoms. The van der Waals surface area contributed by atoms with Crippen LogP contribution < -0.4 is 5.32 Å². The van der Waals surface area contributed by atoms with Crippen LogP contribution in [0.5, 0.6) is 0 Å². The van der Waals surface area contributed by atoms with Crippen molar-refractivity contribution in [3.8, 4) is 0 Å². The predicted octanol–water partition coefficient (Wildman–Crippen LogP) is 2.08. The number of methoxy groups -OCH3 is 1. The molecule has 2 aliphatic carbocycles. The SMILES string of the molecule is COC[C@@H]1[C@H](NC(=O)Cn2c(C3CC3)nc3ccccc32)[C@@H]2CCO[C@H]12. The van der Waals surface area contributed by atoms with E-state index < -0.39 is 0 Å². The van der Waals surface area contributed by atoms with E-state index in [9.17, 15) is 4.79 Å². The number of nitrogens with one attached hydrogen (secondary N) is 1. The van der Waals surface area contributed by atoms with Crippen molar-refractivity contribution in [1.82, 2.24) is 14.9 Å². The number of carbonyl (C=O) groups excluding carboxylic acids is 1. The number of aromatic nitrogens is 2. The Bertz CT molecular complexity index is 829. The minimum Gasteiger partial charge on any atom is -0.384 e. The second-order valence-electron chi connectivity index (χ2n) is 7.82. The molecule has 1 N–H and O–H groups in total. The molecule has 1 saturated heterocycles. The molecule has 3 aliphatic rings. The number of ether oxygens (including phenoxy) is 2. The second kappa shape index (κ2) is 6.35. The first-order valence-corrected chi connectivity index (χ1v) is 9.61. The number of nitrogens with zero attached hydrogens (tertiary/aromatic N) is 2. The van der Waals surface area contributed by atoms with Crippen molar-refractivity contribution in [2.24, 2.45) is 11.8 Å². The molecule has 4 atom stereocenters. The van der Waals surface area contributed by atoms with E-state index in [1.165, 1.54) is 12.8 Å². The van der Waals surface area contributed by atoms with Crippen molar-refractivity contribution < 1.29 is 14.3 Å². The molecule has 1 aromatic heterocycles. The number of fused-ring (bicyclic) bond motifs is 2. The topological polar surface area (TPSA) is 65.4 Å². The maximum absolute atomic E-state index is 12.8. The van der Waals surface area contributed by atoms with E-state index in [0.717, 1.165) is 29.9 Å². The van der Waals surface area contributed by atoms with Gasteiger partial charge in [0, 0.05) is 37.5 Å². The number of benzene rings is 1. The molecule has 1 amide bonds. The number of rotatable bonds is 6. The molecule has 138 valence electrons. The molecular weight excluding hydrogens is 330 g/mol. The summed E-state index contributed by atoms with van der Waals surface area (Å²) in [6.07, 6.45) is 3.61. The lowest BCUT2D eigenvalue weighted by Gasteiger charge is -2.47. The molecule has 26 heavy (non-hydrogen) atoms. The summed E-state index contributed by atoms with van der Waals surface area (Å²) in [5, 5.41) is 3.26.